The highest BCUT2D eigenvalue weighted by Crippen LogP contribution is 2.18. The lowest BCUT2D eigenvalue weighted by Crippen LogP contribution is -2.46. The SMILES string of the molecule is CC[C@@H](C)N(C(=S)Nc1ccc(C)c(C)c1)[C@H](C)CC. The zero-order valence-corrected chi connectivity index (χ0v) is 14.5. The highest BCUT2D eigenvalue weighted by Gasteiger charge is 2.20. The van der Waals surface area contributed by atoms with Crippen molar-refractivity contribution in [3.8, 4) is 0 Å². The normalized spacial score (nSPS) is 13.7. The van der Waals surface area contributed by atoms with Crippen LogP contribution >= 0.6 is 12.2 Å². The molecule has 0 aromatic heterocycles. The van der Waals surface area contributed by atoms with Gasteiger partial charge in [0, 0.05) is 17.8 Å². The number of aryl methyl sites for hydroxylation is 2. The zero-order valence-electron chi connectivity index (χ0n) is 13.7. The Bertz CT molecular complexity index is 446. The molecule has 0 bridgehead atoms. The quantitative estimate of drug-likeness (QED) is 0.777. The fraction of sp³-hybridized carbons (Fsp3) is 0.588. The molecule has 0 amide bonds. The monoisotopic (exact) mass is 292 g/mol. The maximum absolute atomic E-state index is 5.63. The molecule has 0 spiro atoms. The first-order chi connectivity index (χ1) is 9.40. The van der Waals surface area contributed by atoms with Crippen molar-refractivity contribution in [3.63, 3.8) is 0 Å². The van der Waals surface area contributed by atoms with Gasteiger partial charge in [0.1, 0.15) is 0 Å². The number of rotatable bonds is 5. The van der Waals surface area contributed by atoms with E-state index in [-0.39, 0.29) is 0 Å². The van der Waals surface area contributed by atoms with Gasteiger partial charge in [-0.2, -0.15) is 0 Å². The van der Waals surface area contributed by atoms with Crippen LogP contribution in [0, 0.1) is 13.8 Å². The Hall–Kier alpha value is -1.09. The van der Waals surface area contributed by atoms with Crippen LogP contribution in [-0.4, -0.2) is 22.1 Å². The molecule has 0 aliphatic heterocycles. The molecule has 20 heavy (non-hydrogen) atoms. The third-order valence-electron chi connectivity index (χ3n) is 4.12. The van der Waals surface area contributed by atoms with E-state index in [4.69, 9.17) is 12.2 Å². The van der Waals surface area contributed by atoms with E-state index in [2.05, 4.69) is 70.0 Å². The standard InChI is InChI=1S/C17H28N2S/c1-7-14(5)19(15(6)8-2)17(20)18-16-10-9-12(3)13(4)11-16/h9-11,14-15H,7-8H2,1-6H3,(H,18,20)/t14-,15-/m1/s1. The van der Waals surface area contributed by atoms with Crippen LogP contribution in [0.4, 0.5) is 5.69 Å². The van der Waals surface area contributed by atoms with E-state index in [0.29, 0.717) is 12.1 Å². The molecular formula is C17H28N2S. The van der Waals surface area contributed by atoms with Crippen molar-refractivity contribution in [2.45, 2.75) is 66.5 Å². The zero-order chi connectivity index (χ0) is 15.3. The van der Waals surface area contributed by atoms with Gasteiger partial charge in [-0.1, -0.05) is 19.9 Å². The second-order valence-corrected chi connectivity index (χ2v) is 6.04. The Balaban J connectivity index is 2.87. The lowest BCUT2D eigenvalue weighted by Gasteiger charge is -2.36. The largest absolute Gasteiger partial charge is 0.344 e. The fourth-order valence-corrected chi connectivity index (χ4v) is 2.71. The predicted molar refractivity (Wildman–Crippen MR) is 93.5 cm³/mol. The Morgan fingerprint density at radius 1 is 1.10 bits per heavy atom. The second kappa shape index (κ2) is 7.63. The first-order valence-electron chi connectivity index (χ1n) is 7.57. The number of thiocarbonyl (C=S) groups is 1. The molecule has 1 aromatic rings. The van der Waals surface area contributed by atoms with E-state index >= 15 is 0 Å². The van der Waals surface area contributed by atoms with Gasteiger partial charge in [-0.15, -0.1) is 0 Å². The van der Waals surface area contributed by atoms with E-state index in [0.717, 1.165) is 23.6 Å². The van der Waals surface area contributed by atoms with E-state index < -0.39 is 0 Å². The first kappa shape index (κ1) is 17.0. The van der Waals surface area contributed by atoms with Crippen LogP contribution in [-0.2, 0) is 0 Å². The molecule has 0 radical (unpaired) electrons. The fourth-order valence-electron chi connectivity index (χ4n) is 2.24. The van der Waals surface area contributed by atoms with Crippen molar-refractivity contribution in [2.75, 3.05) is 5.32 Å². The Kier molecular flexibility index (Phi) is 6.47. The summed E-state index contributed by atoms with van der Waals surface area (Å²) < 4.78 is 0. The molecule has 0 fully saturated rings. The minimum Gasteiger partial charge on any atom is -0.344 e. The summed E-state index contributed by atoms with van der Waals surface area (Å²) in [6, 6.07) is 7.30. The van der Waals surface area contributed by atoms with Crippen LogP contribution in [0.25, 0.3) is 0 Å². The molecule has 0 aliphatic carbocycles. The summed E-state index contributed by atoms with van der Waals surface area (Å²) in [5.74, 6) is 0. The van der Waals surface area contributed by atoms with Gasteiger partial charge >= 0.3 is 0 Å². The summed E-state index contributed by atoms with van der Waals surface area (Å²) >= 11 is 5.63. The molecule has 2 nitrogen and oxygen atoms in total. The molecule has 1 N–H and O–H groups in total. The summed E-state index contributed by atoms with van der Waals surface area (Å²) in [5.41, 5.74) is 3.67. The molecular weight excluding hydrogens is 264 g/mol. The number of hydrogen-bond acceptors (Lipinski definition) is 1. The van der Waals surface area contributed by atoms with Gasteiger partial charge in [0.05, 0.1) is 0 Å². The van der Waals surface area contributed by atoms with Gasteiger partial charge in [-0.25, -0.2) is 0 Å². The van der Waals surface area contributed by atoms with E-state index in [1.165, 1.54) is 11.1 Å². The maximum atomic E-state index is 5.63. The maximum Gasteiger partial charge on any atom is 0.173 e. The smallest absolute Gasteiger partial charge is 0.173 e. The highest BCUT2D eigenvalue weighted by atomic mass is 32.1. The number of nitrogens with one attached hydrogen (secondary N) is 1. The lowest BCUT2D eigenvalue weighted by molar-refractivity contribution is 0.254. The predicted octanol–water partition coefficient (Wildman–Crippen LogP) is 4.90. The van der Waals surface area contributed by atoms with Crippen molar-refractivity contribution in [2.24, 2.45) is 0 Å². The minimum atomic E-state index is 0.455. The molecule has 2 atom stereocenters. The van der Waals surface area contributed by atoms with Crippen molar-refractivity contribution < 1.29 is 0 Å². The van der Waals surface area contributed by atoms with Gasteiger partial charge in [0.15, 0.2) is 5.11 Å². The Morgan fingerprint density at radius 3 is 2.10 bits per heavy atom. The van der Waals surface area contributed by atoms with Gasteiger partial charge in [-0.3, -0.25) is 0 Å². The van der Waals surface area contributed by atoms with E-state index in [9.17, 15) is 0 Å². The first-order valence-corrected chi connectivity index (χ1v) is 7.98. The summed E-state index contributed by atoms with van der Waals surface area (Å²) in [7, 11) is 0. The average Bonchev–Trinajstić information content (AvgIpc) is 2.42. The van der Waals surface area contributed by atoms with E-state index in [1.807, 2.05) is 0 Å². The van der Waals surface area contributed by atoms with Crippen molar-refractivity contribution in [1.29, 1.82) is 0 Å². The second-order valence-electron chi connectivity index (χ2n) is 5.65. The van der Waals surface area contributed by atoms with Crippen LogP contribution in [0.1, 0.15) is 51.7 Å². The van der Waals surface area contributed by atoms with Crippen molar-refractivity contribution in [1.82, 2.24) is 4.90 Å². The molecule has 3 heteroatoms. The number of hydrogen-bond donors (Lipinski definition) is 1. The highest BCUT2D eigenvalue weighted by molar-refractivity contribution is 7.80. The van der Waals surface area contributed by atoms with Gasteiger partial charge in [-0.05, 0) is 76.0 Å². The average molecular weight is 292 g/mol. The van der Waals surface area contributed by atoms with Gasteiger partial charge in [0.2, 0.25) is 0 Å². The van der Waals surface area contributed by atoms with Crippen LogP contribution in [0.2, 0.25) is 0 Å². The molecule has 1 rings (SSSR count). The summed E-state index contributed by atoms with van der Waals surface area (Å²) in [5, 5.41) is 4.23. The van der Waals surface area contributed by atoms with E-state index in [1.54, 1.807) is 0 Å². The molecule has 0 unspecified atom stereocenters. The molecule has 0 heterocycles. The lowest BCUT2D eigenvalue weighted by atomic mass is 10.1. The van der Waals surface area contributed by atoms with Gasteiger partial charge in [0.25, 0.3) is 0 Å². The topological polar surface area (TPSA) is 15.3 Å². The Morgan fingerprint density at radius 2 is 1.65 bits per heavy atom. The van der Waals surface area contributed by atoms with Crippen LogP contribution in [0.3, 0.4) is 0 Å². The molecule has 112 valence electrons. The van der Waals surface area contributed by atoms with Gasteiger partial charge < -0.3 is 10.2 Å². The third kappa shape index (κ3) is 4.20. The van der Waals surface area contributed by atoms with Crippen LogP contribution in [0.15, 0.2) is 18.2 Å². The molecule has 0 saturated carbocycles. The number of nitrogens with zero attached hydrogens (tertiary/aromatic N) is 1. The van der Waals surface area contributed by atoms with Crippen molar-refractivity contribution >= 4 is 23.0 Å². The summed E-state index contributed by atoms with van der Waals surface area (Å²) in [6.07, 6.45) is 2.19. The Labute approximate surface area is 129 Å². The minimum absolute atomic E-state index is 0.455. The molecule has 1 aromatic carbocycles. The van der Waals surface area contributed by atoms with Crippen LogP contribution in [0.5, 0.6) is 0 Å². The summed E-state index contributed by atoms with van der Waals surface area (Å²) in [6.45, 7) is 13.1. The number of benzene rings is 1. The number of anilines is 1. The summed E-state index contributed by atoms with van der Waals surface area (Å²) in [4.78, 5) is 2.32. The molecule has 0 saturated heterocycles. The van der Waals surface area contributed by atoms with Crippen LogP contribution < -0.4 is 5.32 Å². The van der Waals surface area contributed by atoms with Crippen molar-refractivity contribution in [3.05, 3.63) is 29.3 Å². The molecule has 0 aliphatic rings. The third-order valence-corrected chi connectivity index (χ3v) is 4.44.